The van der Waals surface area contributed by atoms with Crippen LogP contribution >= 0.6 is 11.3 Å². The van der Waals surface area contributed by atoms with Gasteiger partial charge in [0.25, 0.3) is 0 Å². The van der Waals surface area contributed by atoms with Gasteiger partial charge >= 0.3 is 0 Å². The molecule has 1 saturated carbocycles. The van der Waals surface area contributed by atoms with Crippen LogP contribution in [0.15, 0.2) is 66.0 Å². The van der Waals surface area contributed by atoms with Crippen LogP contribution in [0.3, 0.4) is 0 Å². The molecule has 1 atom stereocenters. The molecule has 1 aromatic heterocycles. The topological polar surface area (TPSA) is 58.6 Å². The van der Waals surface area contributed by atoms with Crippen molar-refractivity contribution >= 4 is 23.2 Å². The fourth-order valence-corrected chi connectivity index (χ4v) is 5.33. The molecule has 0 bridgehead atoms. The highest BCUT2D eigenvalue weighted by atomic mass is 32.1. The van der Waals surface area contributed by atoms with E-state index < -0.39 is 11.9 Å². The average molecular weight is 495 g/mol. The first kappa shape index (κ1) is 24.9. The van der Waals surface area contributed by atoms with Crippen LogP contribution in [0.2, 0.25) is 0 Å². The summed E-state index contributed by atoms with van der Waals surface area (Å²) in [6, 6.07) is 16.4. The number of ether oxygens (including phenoxy) is 1. The van der Waals surface area contributed by atoms with Gasteiger partial charge in [0, 0.05) is 23.0 Å². The molecular formula is C28H31FN2O3S. The number of hydrogen-bond donors (Lipinski definition) is 1. The van der Waals surface area contributed by atoms with Gasteiger partial charge < -0.3 is 15.0 Å². The van der Waals surface area contributed by atoms with Gasteiger partial charge in [-0.25, -0.2) is 4.39 Å². The highest BCUT2D eigenvalue weighted by Gasteiger charge is 2.34. The number of thiophene rings is 1. The van der Waals surface area contributed by atoms with E-state index in [1.807, 2.05) is 41.8 Å². The van der Waals surface area contributed by atoms with Crippen LogP contribution in [0.5, 0.6) is 5.75 Å². The Labute approximate surface area is 209 Å². The molecule has 35 heavy (non-hydrogen) atoms. The average Bonchev–Trinajstić information content (AvgIpc) is 3.38. The van der Waals surface area contributed by atoms with Gasteiger partial charge in [-0.15, -0.1) is 11.3 Å². The summed E-state index contributed by atoms with van der Waals surface area (Å²) in [7, 11) is 1.58. The first-order valence-corrected chi connectivity index (χ1v) is 12.9. The van der Waals surface area contributed by atoms with E-state index in [0.717, 1.165) is 42.5 Å². The van der Waals surface area contributed by atoms with Crippen molar-refractivity contribution in [3.8, 4) is 5.75 Å². The van der Waals surface area contributed by atoms with Crippen LogP contribution in [0.1, 0.15) is 54.1 Å². The molecule has 5 nitrogen and oxygen atoms in total. The number of amides is 2. The Morgan fingerprint density at radius 2 is 1.89 bits per heavy atom. The van der Waals surface area contributed by atoms with Gasteiger partial charge in [0.2, 0.25) is 11.8 Å². The SMILES string of the molecule is COc1cccc(CN(C(=O)Cc2cccs2)C(C(=O)NC2CCCCC2)c2ccccc2F)c1. The number of carbonyl (C=O) groups is 2. The van der Waals surface area contributed by atoms with Crippen LogP contribution in [0.25, 0.3) is 0 Å². The molecule has 1 aliphatic carbocycles. The molecule has 1 unspecified atom stereocenters. The van der Waals surface area contributed by atoms with Gasteiger partial charge in [0.15, 0.2) is 0 Å². The van der Waals surface area contributed by atoms with E-state index in [2.05, 4.69) is 5.32 Å². The fourth-order valence-electron chi connectivity index (χ4n) is 4.63. The summed E-state index contributed by atoms with van der Waals surface area (Å²) < 4.78 is 20.5. The second-order valence-corrected chi connectivity index (χ2v) is 9.93. The molecule has 0 aliphatic heterocycles. The number of carbonyl (C=O) groups excluding carboxylic acids is 2. The zero-order valence-electron chi connectivity index (χ0n) is 19.9. The summed E-state index contributed by atoms with van der Waals surface area (Å²) in [5, 5.41) is 5.04. The molecule has 7 heteroatoms. The molecule has 1 N–H and O–H groups in total. The van der Waals surface area contributed by atoms with Crippen molar-refractivity contribution in [3.05, 3.63) is 87.9 Å². The summed E-state index contributed by atoms with van der Waals surface area (Å²) in [5.41, 5.74) is 0.999. The molecule has 1 aliphatic rings. The molecule has 2 aromatic carbocycles. The molecule has 0 spiro atoms. The van der Waals surface area contributed by atoms with E-state index in [1.165, 1.54) is 22.3 Å². The van der Waals surface area contributed by atoms with Crippen molar-refractivity contribution in [2.45, 2.75) is 57.2 Å². The van der Waals surface area contributed by atoms with Crippen molar-refractivity contribution in [1.82, 2.24) is 10.2 Å². The third-order valence-electron chi connectivity index (χ3n) is 6.42. The third-order valence-corrected chi connectivity index (χ3v) is 7.30. The van der Waals surface area contributed by atoms with Gasteiger partial charge in [-0.3, -0.25) is 9.59 Å². The largest absolute Gasteiger partial charge is 0.497 e. The van der Waals surface area contributed by atoms with Crippen LogP contribution < -0.4 is 10.1 Å². The molecule has 1 fully saturated rings. The number of nitrogens with one attached hydrogen (secondary N) is 1. The number of hydrogen-bond acceptors (Lipinski definition) is 4. The maximum atomic E-state index is 15.1. The van der Waals surface area contributed by atoms with Crippen LogP contribution in [0.4, 0.5) is 4.39 Å². The molecule has 2 amide bonds. The molecule has 0 radical (unpaired) electrons. The predicted molar refractivity (Wildman–Crippen MR) is 136 cm³/mol. The van der Waals surface area contributed by atoms with Gasteiger partial charge in [-0.2, -0.15) is 0 Å². The predicted octanol–water partition coefficient (Wildman–Crippen LogP) is 5.66. The van der Waals surface area contributed by atoms with Crippen molar-refractivity contribution in [3.63, 3.8) is 0 Å². The number of methoxy groups -OCH3 is 1. The van der Waals surface area contributed by atoms with Crippen molar-refractivity contribution in [2.24, 2.45) is 0 Å². The molecular weight excluding hydrogens is 463 g/mol. The maximum absolute atomic E-state index is 15.1. The van der Waals surface area contributed by atoms with Gasteiger partial charge in [-0.05, 0) is 48.1 Å². The zero-order valence-corrected chi connectivity index (χ0v) is 20.7. The minimum absolute atomic E-state index is 0.0385. The Bertz CT molecular complexity index is 1130. The van der Waals surface area contributed by atoms with Crippen LogP contribution in [0, 0.1) is 5.82 Å². The monoisotopic (exact) mass is 494 g/mol. The summed E-state index contributed by atoms with van der Waals surface area (Å²) in [6.07, 6.45) is 5.21. The minimum Gasteiger partial charge on any atom is -0.497 e. The lowest BCUT2D eigenvalue weighted by Crippen LogP contribution is -2.47. The number of halogens is 1. The van der Waals surface area contributed by atoms with E-state index in [9.17, 15) is 9.59 Å². The second kappa shape index (κ2) is 12.0. The van der Waals surface area contributed by atoms with Crippen LogP contribution in [-0.2, 0) is 22.6 Å². The summed E-state index contributed by atoms with van der Waals surface area (Å²) in [6.45, 7) is 0.151. The van der Waals surface area contributed by atoms with Gasteiger partial charge in [-0.1, -0.05) is 55.7 Å². The Kier molecular flexibility index (Phi) is 8.53. The Morgan fingerprint density at radius 3 is 2.60 bits per heavy atom. The maximum Gasteiger partial charge on any atom is 0.247 e. The number of nitrogens with zero attached hydrogens (tertiary/aromatic N) is 1. The number of benzene rings is 2. The zero-order chi connectivity index (χ0) is 24.6. The molecule has 1 heterocycles. The molecule has 3 aromatic rings. The third kappa shape index (κ3) is 6.48. The van der Waals surface area contributed by atoms with Gasteiger partial charge in [0.1, 0.15) is 17.6 Å². The summed E-state index contributed by atoms with van der Waals surface area (Å²) in [4.78, 5) is 29.8. The highest BCUT2D eigenvalue weighted by molar-refractivity contribution is 7.10. The molecule has 0 saturated heterocycles. The van der Waals surface area contributed by atoms with E-state index in [4.69, 9.17) is 4.74 Å². The lowest BCUT2D eigenvalue weighted by atomic mass is 9.94. The highest BCUT2D eigenvalue weighted by Crippen LogP contribution is 2.29. The minimum atomic E-state index is -1.09. The molecule has 184 valence electrons. The van der Waals surface area contributed by atoms with E-state index in [-0.39, 0.29) is 36.4 Å². The smallest absolute Gasteiger partial charge is 0.247 e. The summed E-state index contributed by atoms with van der Waals surface area (Å²) in [5.74, 6) is -0.426. The standard InChI is InChI=1S/C28H31FN2O3S/c1-34-22-12-7-9-20(17-22)19-31(26(32)18-23-13-8-16-35-23)27(24-14-5-6-15-25(24)29)28(33)30-21-10-3-2-4-11-21/h5-9,12-17,21,27H,2-4,10-11,18-19H2,1H3,(H,30,33). The number of rotatable bonds is 9. The fraction of sp³-hybridized carbons (Fsp3) is 0.357. The van der Waals surface area contributed by atoms with Crippen molar-refractivity contribution in [2.75, 3.05) is 7.11 Å². The van der Waals surface area contributed by atoms with E-state index in [0.29, 0.717) is 5.75 Å². The van der Waals surface area contributed by atoms with Gasteiger partial charge in [0.05, 0.1) is 13.5 Å². The first-order chi connectivity index (χ1) is 17.0. The lowest BCUT2D eigenvalue weighted by molar-refractivity contribution is -0.141. The second-order valence-electron chi connectivity index (χ2n) is 8.90. The van der Waals surface area contributed by atoms with Crippen molar-refractivity contribution < 1.29 is 18.7 Å². The Balaban J connectivity index is 1.71. The molecule has 4 rings (SSSR count). The Morgan fingerprint density at radius 1 is 1.09 bits per heavy atom. The quantitative estimate of drug-likeness (QED) is 0.418. The van der Waals surface area contributed by atoms with E-state index >= 15 is 4.39 Å². The lowest BCUT2D eigenvalue weighted by Gasteiger charge is -2.33. The normalized spacial score (nSPS) is 14.8. The first-order valence-electron chi connectivity index (χ1n) is 12.0. The van der Waals surface area contributed by atoms with E-state index in [1.54, 1.807) is 25.3 Å². The Hall–Kier alpha value is -3.19. The van der Waals surface area contributed by atoms with Crippen LogP contribution in [-0.4, -0.2) is 29.9 Å². The summed E-state index contributed by atoms with van der Waals surface area (Å²) >= 11 is 1.49. The van der Waals surface area contributed by atoms with Crippen molar-refractivity contribution in [1.29, 1.82) is 0 Å².